The standard InChI is InChI=1S/C36H47NO7/c1-2-3-4-10-17-26(39)18-11-8-6-5-7-9-12-23-32-33(40)36(25-38,34(41)44-32)37-35(42)43-24-31-29-21-15-13-19-27(29)28-20-14-16-22-30(28)31/h9,12-16,19-22,31-33,38,40H,2-8,10-11,17-18,23-25H2,1H3,(H,37,42)/b12-9+. The third-order valence-electron chi connectivity index (χ3n) is 8.82. The van der Waals surface area contributed by atoms with Gasteiger partial charge in [-0.1, -0.05) is 99.7 Å². The lowest BCUT2D eigenvalue weighted by atomic mass is 9.91. The summed E-state index contributed by atoms with van der Waals surface area (Å²) in [5.74, 6) is -0.684. The number of hydrogen-bond donors (Lipinski definition) is 3. The van der Waals surface area contributed by atoms with Crippen LogP contribution in [0.15, 0.2) is 60.7 Å². The monoisotopic (exact) mass is 605 g/mol. The lowest BCUT2D eigenvalue weighted by molar-refractivity contribution is -0.147. The lowest BCUT2D eigenvalue weighted by Gasteiger charge is -2.27. The third-order valence-corrected chi connectivity index (χ3v) is 8.82. The van der Waals surface area contributed by atoms with Crippen LogP contribution in [0.3, 0.4) is 0 Å². The van der Waals surface area contributed by atoms with Gasteiger partial charge in [-0.15, -0.1) is 0 Å². The second kappa shape index (κ2) is 16.5. The molecular weight excluding hydrogens is 558 g/mol. The number of unbranched alkanes of at least 4 members (excludes halogenated alkanes) is 7. The zero-order valence-corrected chi connectivity index (χ0v) is 25.8. The molecule has 44 heavy (non-hydrogen) atoms. The number of aliphatic hydroxyl groups is 2. The van der Waals surface area contributed by atoms with Crippen molar-refractivity contribution in [3.8, 4) is 11.1 Å². The number of ketones is 1. The summed E-state index contributed by atoms with van der Waals surface area (Å²) in [4.78, 5) is 37.6. The molecule has 1 heterocycles. The minimum absolute atomic E-state index is 0.0357. The molecule has 4 rings (SSSR count). The van der Waals surface area contributed by atoms with Gasteiger partial charge < -0.3 is 25.0 Å². The number of hydrogen-bond acceptors (Lipinski definition) is 7. The molecule has 0 bridgehead atoms. The van der Waals surface area contributed by atoms with Gasteiger partial charge in [0.2, 0.25) is 0 Å². The lowest BCUT2D eigenvalue weighted by Crippen LogP contribution is -2.62. The molecule has 2 aromatic carbocycles. The Labute approximate surface area is 260 Å². The summed E-state index contributed by atoms with van der Waals surface area (Å²) in [6, 6.07) is 15.9. The topological polar surface area (TPSA) is 122 Å². The van der Waals surface area contributed by atoms with E-state index in [0.29, 0.717) is 18.6 Å². The minimum Gasteiger partial charge on any atom is -0.457 e. The van der Waals surface area contributed by atoms with Gasteiger partial charge in [0.1, 0.15) is 24.6 Å². The van der Waals surface area contributed by atoms with E-state index in [2.05, 4.69) is 12.2 Å². The van der Waals surface area contributed by atoms with Gasteiger partial charge >= 0.3 is 12.1 Å². The zero-order valence-electron chi connectivity index (χ0n) is 25.8. The van der Waals surface area contributed by atoms with Crippen LogP contribution in [0.25, 0.3) is 11.1 Å². The summed E-state index contributed by atoms with van der Waals surface area (Å²) in [5, 5.41) is 23.5. The first kappa shape index (κ1) is 33.4. The van der Waals surface area contributed by atoms with Gasteiger partial charge in [-0.25, -0.2) is 9.59 Å². The fourth-order valence-electron chi connectivity index (χ4n) is 6.22. The van der Waals surface area contributed by atoms with Crippen LogP contribution in [-0.2, 0) is 19.1 Å². The van der Waals surface area contributed by atoms with Crippen molar-refractivity contribution >= 4 is 17.8 Å². The highest BCUT2D eigenvalue weighted by Gasteiger charge is 2.58. The molecule has 2 aliphatic rings. The van der Waals surface area contributed by atoms with Crippen LogP contribution in [0.2, 0.25) is 0 Å². The van der Waals surface area contributed by atoms with Gasteiger partial charge in [-0.05, 0) is 47.9 Å². The van der Waals surface area contributed by atoms with E-state index in [9.17, 15) is 24.6 Å². The van der Waals surface area contributed by atoms with Gasteiger partial charge in [0.25, 0.3) is 0 Å². The average molecular weight is 606 g/mol. The Morgan fingerprint density at radius 2 is 1.52 bits per heavy atom. The maximum atomic E-state index is 12.9. The van der Waals surface area contributed by atoms with Crippen LogP contribution in [0.1, 0.15) is 101 Å². The number of nitrogens with one attached hydrogen (secondary N) is 1. The summed E-state index contributed by atoms with van der Waals surface area (Å²) in [6.07, 6.45) is 11.6. The normalized spacial score (nSPS) is 20.8. The Hall–Kier alpha value is -3.49. The molecule has 0 aromatic heterocycles. The highest BCUT2D eigenvalue weighted by Crippen LogP contribution is 2.44. The smallest absolute Gasteiger partial charge is 0.408 e. The molecular formula is C36H47NO7. The summed E-state index contributed by atoms with van der Waals surface area (Å²) in [5.41, 5.74) is 2.29. The molecule has 0 radical (unpaired) electrons. The first-order valence-electron chi connectivity index (χ1n) is 16.2. The van der Waals surface area contributed by atoms with Crippen molar-refractivity contribution in [2.75, 3.05) is 13.2 Å². The number of allylic oxidation sites excluding steroid dienone is 1. The number of carbonyl (C=O) groups excluding carboxylic acids is 3. The molecule has 1 aliphatic carbocycles. The summed E-state index contributed by atoms with van der Waals surface area (Å²) < 4.78 is 10.9. The highest BCUT2D eigenvalue weighted by molar-refractivity contribution is 5.89. The first-order valence-corrected chi connectivity index (χ1v) is 16.2. The summed E-state index contributed by atoms with van der Waals surface area (Å²) in [6.45, 7) is 1.38. The number of fused-ring (bicyclic) bond motifs is 3. The zero-order chi connectivity index (χ0) is 31.4. The molecule has 1 amide bonds. The van der Waals surface area contributed by atoms with E-state index in [1.54, 1.807) is 0 Å². The summed E-state index contributed by atoms with van der Waals surface area (Å²) >= 11 is 0. The second-order valence-corrected chi connectivity index (χ2v) is 12.0. The molecule has 0 spiro atoms. The molecule has 1 aliphatic heterocycles. The number of alkyl carbamates (subject to hydrolysis) is 1. The van der Waals surface area contributed by atoms with Crippen LogP contribution >= 0.6 is 0 Å². The molecule has 3 unspecified atom stereocenters. The van der Waals surface area contributed by atoms with Crippen molar-refractivity contribution in [3.63, 3.8) is 0 Å². The Morgan fingerprint density at radius 1 is 0.909 bits per heavy atom. The Balaban J connectivity index is 1.18. The summed E-state index contributed by atoms with van der Waals surface area (Å²) in [7, 11) is 0. The third kappa shape index (κ3) is 8.16. The van der Waals surface area contributed by atoms with Crippen LogP contribution in [0.4, 0.5) is 4.79 Å². The number of carbonyl (C=O) groups is 3. The fraction of sp³-hybridized carbons (Fsp3) is 0.528. The minimum atomic E-state index is -1.99. The maximum absolute atomic E-state index is 12.9. The van der Waals surface area contributed by atoms with E-state index in [0.717, 1.165) is 67.2 Å². The van der Waals surface area contributed by atoms with Crippen molar-refractivity contribution in [1.82, 2.24) is 5.32 Å². The number of rotatable bonds is 18. The number of ether oxygens (including phenoxy) is 2. The molecule has 3 N–H and O–H groups in total. The second-order valence-electron chi connectivity index (χ2n) is 12.0. The Morgan fingerprint density at radius 3 is 2.16 bits per heavy atom. The highest BCUT2D eigenvalue weighted by atomic mass is 16.6. The molecule has 0 saturated carbocycles. The quantitative estimate of drug-likeness (QED) is 0.103. The van der Waals surface area contributed by atoms with Crippen LogP contribution in [0.5, 0.6) is 0 Å². The van der Waals surface area contributed by atoms with Gasteiger partial charge in [0, 0.05) is 25.2 Å². The van der Waals surface area contributed by atoms with Gasteiger partial charge in [0.05, 0.1) is 6.61 Å². The van der Waals surface area contributed by atoms with Gasteiger partial charge in [-0.2, -0.15) is 0 Å². The van der Waals surface area contributed by atoms with Crippen molar-refractivity contribution in [2.24, 2.45) is 0 Å². The Bertz CT molecular complexity index is 1250. The van der Waals surface area contributed by atoms with Gasteiger partial charge in [0.15, 0.2) is 5.54 Å². The van der Waals surface area contributed by atoms with Crippen LogP contribution < -0.4 is 5.32 Å². The molecule has 8 heteroatoms. The van der Waals surface area contributed by atoms with E-state index in [1.165, 1.54) is 12.8 Å². The molecule has 2 aromatic rings. The molecule has 238 valence electrons. The molecule has 3 atom stereocenters. The number of cyclic esters (lactones) is 1. The van der Waals surface area contributed by atoms with Crippen molar-refractivity contribution in [2.45, 2.75) is 108 Å². The predicted molar refractivity (Wildman–Crippen MR) is 169 cm³/mol. The van der Waals surface area contributed by atoms with E-state index < -0.39 is 36.4 Å². The fourth-order valence-corrected chi connectivity index (χ4v) is 6.22. The van der Waals surface area contributed by atoms with Crippen molar-refractivity contribution in [1.29, 1.82) is 0 Å². The van der Waals surface area contributed by atoms with Crippen LogP contribution in [0, 0.1) is 0 Å². The first-order chi connectivity index (χ1) is 21.4. The van der Waals surface area contributed by atoms with Crippen molar-refractivity contribution in [3.05, 3.63) is 71.8 Å². The number of aliphatic hydroxyl groups excluding tert-OH is 2. The number of benzene rings is 2. The van der Waals surface area contributed by atoms with Crippen LogP contribution in [-0.4, -0.2) is 59.0 Å². The number of Topliss-reactive ketones (excluding diaryl/α,β-unsaturated/α-hetero) is 1. The molecule has 1 fully saturated rings. The predicted octanol–water partition coefficient (Wildman–Crippen LogP) is 6.37. The number of esters is 1. The average Bonchev–Trinajstić information content (AvgIpc) is 3.48. The largest absolute Gasteiger partial charge is 0.457 e. The maximum Gasteiger partial charge on any atom is 0.408 e. The van der Waals surface area contributed by atoms with E-state index in [-0.39, 0.29) is 18.9 Å². The van der Waals surface area contributed by atoms with Crippen molar-refractivity contribution < 1.29 is 34.1 Å². The van der Waals surface area contributed by atoms with E-state index in [1.807, 2.05) is 60.7 Å². The molecule has 8 nitrogen and oxygen atoms in total. The van der Waals surface area contributed by atoms with Gasteiger partial charge in [-0.3, -0.25) is 4.79 Å². The SMILES string of the molecule is CCCCCCC(=O)CCCCCC/C=C/CC1OC(=O)C(CO)(NC(=O)OCC2c3ccccc3-c3ccccc32)C1O. The van der Waals surface area contributed by atoms with E-state index in [4.69, 9.17) is 9.47 Å². The Kier molecular flexibility index (Phi) is 12.6. The molecule has 1 saturated heterocycles. The van der Waals surface area contributed by atoms with E-state index >= 15 is 0 Å². The number of amides is 1.